The normalized spacial score (nSPS) is 11.0. The first kappa shape index (κ1) is 11.0. The molecule has 0 atom stereocenters. The highest BCUT2D eigenvalue weighted by molar-refractivity contribution is 6.29. The number of fused-ring (bicyclic) bond motifs is 1. The number of H-pyrrole nitrogens is 1. The third-order valence-electron chi connectivity index (χ3n) is 2.24. The van der Waals surface area contributed by atoms with Gasteiger partial charge in [-0.15, -0.1) is 0 Å². The molecule has 84 valence electrons. The summed E-state index contributed by atoms with van der Waals surface area (Å²) in [7, 11) is 0. The Morgan fingerprint density at radius 1 is 1.50 bits per heavy atom. The number of nitrogens with zero attached hydrogens (tertiary/aromatic N) is 1. The summed E-state index contributed by atoms with van der Waals surface area (Å²) in [5, 5.41) is 3.16. The molecule has 1 aromatic heterocycles. The van der Waals surface area contributed by atoms with Crippen molar-refractivity contribution in [3.05, 3.63) is 23.5 Å². The first-order chi connectivity index (χ1) is 7.56. The molecule has 0 aliphatic rings. The number of nitrogens with one attached hydrogen (secondary N) is 2. The van der Waals surface area contributed by atoms with Crippen LogP contribution in [0.2, 0.25) is 5.28 Å². The summed E-state index contributed by atoms with van der Waals surface area (Å²) in [4.78, 5) is 18.5. The van der Waals surface area contributed by atoms with Crippen LogP contribution in [0.5, 0.6) is 0 Å². The predicted molar refractivity (Wildman–Crippen MR) is 64.6 cm³/mol. The van der Waals surface area contributed by atoms with Gasteiger partial charge in [0.2, 0.25) is 11.2 Å². The van der Waals surface area contributed by atoms with E-state index in [9.17, 15) is 4.79 Å². The highest BCUT2D eigenvalue weighted by Gasteiger charge is 2.08. The predicted octanol–water partition coefficient (Wildman–Crippen LogP) is 2.81. The standard InChI is InChI=1S/C11H12ClN3O/c1-6(2)10(16)13-7-3-4-8-9(5-7)15-11(12)14-8/h3-6H,1-2H3,(H,13,16)(H,14,15). The number of halogens is 1. The second kappa shape index (κ2) is 4.14. The van der Waals surface area contributed by atoms with E-state index >= 15 is 0 Å². The molecule has 0 saturated heterocycles. The van der Waals surface area contributed by atoms with Crippen LogP contribution in [0.15, 0.2) is 18.2 Å². The topological polar surface area (TPSA) is 57.8 Å². The van der Waals surface area contributed by atoms with Gasteiger partial charge in [-0.2, -0.15) is 0 Å². The van der Waals surface area contributed by atoms with E-state index in [4.69, 9.17) is 11.6 Å². The Bertz CT molecular complexity index is 533. The minimum Gasteiger partial charge on any atom is -0.329 e. The van der Waals surface area contributed by atoms with Crippen LogP contribution < -0.4 is 5.32 Å². The maximum Gasteiger partial charge on any atom is 0.226 e. The number of imidazole rings is 1. The first-order valence-corrected chi connectivity index (χ1v) is 5.40. The number of amides is 1. The number of hydrogen-bond acceptors (Lipinski definition) is 2. The lowest BCUT2D eigenvalue weighted by Gasteiger charge is -2.07. The van der Waals surface area contributed by atoms with Gasteiger partial charge in [-0.25, -0.2) is 4.98 Å². The Balaban J connectivity index is 2.29. The van der Waals surface area contributed by atoms with Crippen molar-refractivity contribution in [1.82, 2.24) is 9.97 Å². The zero-order valence-electron chi connectivity index (χ0n) is 9.04. The second-order valence-electron chi connectivity index (χ2n) is 3.90. The SMILES string of the molecule is CC(C)C(=O)Nc1ccc2nc(Cl)[nH]c2c1. The second-order valence-corrected chi connectivity index (χ2v) is 4.26. The van der Waals surface area contributed by atoms with Gasteiger partial charge in [-0.05, 0) is 29.8 Å². The van der Waals surface area contributed by atoms with E-state index in [0.717, 1.165) is 16.7 Å². The van der Waals surface area contributed by atoms with Gasteiger partial charge in [0.15, 0.2) is 0 Å². The minimum absolute atomic E-state index is 0.00929. The third kappa shape index (κ3) is 2.17. The lowest BCUT2D eigenvalue weighted by atomic mass is 10.2. The number of benzene rings is 1. The van der Waals surface area contributed by atoms with Crippen molar-refractivity contribution < 1.29 is 4.79 Å². The maximum atomic E-state index is 11.5. The highest BCUT2D eigenvalue weighted by atomic mass is 35.5. The van der Waals surface area contributed by atoms with E-state index in [-0.39, 0.29) is 11.8 Å². The smallest absolute Gasteiger partial charge is 0.226 e. The number of hydrogen-bond donors (Lipinski definition) is 2. The van der Waals surface area contributed by atoms with Gasteiger partial charge in [-0.3, -0.25) is 4.79 Å². The number of rotatable bonds is 2. The van der Waals surface area contributed by atoms with Crippen molar-refractivity contribution in [2.24, 2.45) is 5.92 Å². The summed E-state index contributed by atoms with van der Waals surface area (Å²) in [6.07, 6.45) is 0. The van der Waals surface area contributed by atoms with Crippen LogP contribution in [0, 0.1) is 5.92 Å². The van der Waals surface area contributed by atoms with Crippen molar-refractivity contribution >= 4 is 34.2 Å². The Kier molecular flexibility index (Phi) is 2.83. The van der Waals surface area contributed by atoms with Gasteiger partial charge in [0, 0.05) is 11.6 Å². The van der Waals surface area contributed by atoms with Gasteiger partial charge in [0.25, 0.3) is 0 Å². The number of aromatic nitrogens is 2. The van der Waals surface area contributed by atoms with Gasteiger partial charge in [0.05, 0.1) is 11.0 Å². The van der Waals surface area contributed by atoms with Crippen molar-refractivity contribution in [1.29, 1.82) is 0 Å². The average Bonchev–Trinajstić information content (AvgIpc) is 2.57. The molecule has 0 aliphatic heterocycles. The molecular formula is C11H12ClN3O. The van der Waals surface area contributed by atoms with E-state index in [1.807, 2.05) is 26.0 Å². The summed E-state index contributed by atoms with van der Waals surface area (Å²) < 4.78 is 0. The Hall–Kier alpha value is -1.55. The fraction of sp³-hybridized carbons (Fsp3) is 0.273. The van der Waals surface area contributed by atoms with E-state index in [1.165, 1.54) is 0 Å². The van der Waals surface area contributed by atoms with Crippen LogP contribution in [0.3, 0.4) is 0 Å². The van der Waals surface area contributed by atoms with Crippen LogP contribution in [0.25, 0.3) is 11.0 Å². The molecule has 0 saturated carbocycles. The minimum atomic E-state index is -0.0407. The van der Waals surface area contributed by atoms with Crippen molar-refractivity contribution in [3.63, 3.8) is 0 Å². The number of aromatic amines is 1. The van der Waals surface area contributed by atoms with Crippen LogP contribution in [0.1, 0.15) is 13.8 Å². The van der Waals surface area contributed by atoms with E-state index in [2.05, 4.69) is 15.3 Å². The van der Waals surface area contributed by atoms with Gasteiger partial charge < -0.3 is 10.3 Å². The van der Waals surface area contributed by atoms with Crippen molar-refractivity contribution in [2.75, 3.05) is 5.32 Å². The molecule has 4 nitrogen and oxygen atoms in total. The molecular weight excluding hydrogens is 226 g/mol. The molecule has 0 fully saturated rings. The number of carbonyl (C=O) groups is 1. The highest BCUT2D eigenvalue weighted by Crippen LogP contribution is 2.19. The lowest BCUT2D eigenvalue weighted by molar-refractivity contribution is -0.118. The Morgan fingerprint density at radius 2 is 2.25 bits per heavy atom. The van der Waals surface area contributed by atoms with E-state index < -0.39 is 0 Å². The Labute approximate surface area is 98.0 Å². The molecule has 2 rings (SSSR count). The first-order valence-electron chi connectivity index (χ1n) is 5.02. The zero-order valence-corrected chi connectivity index (χ0v) is 9.80. The molecule has 1 amide bonds. The van der Waals surface area contributed by atoms with Crippen LogP contribution in [0.4, 0.5) is 5.69 Å². The fourth-order valence-electron chi connectivity index (χ4n) is 1.34. The van der Waals surface area contributed by atoms with Crippen molar-refractivity contribution in [2.45, 2.75) is 13.8 Å². The Morgan fingerprint density at radius 3 is 2.94 bits per heavy atom. The third-order valence-corrected chi connectivity index (χ3v) is 2.42. The molecule has 0 bridgehead atoms. The van der Waals surface area contributed by atoms with Crippen molar-refractivity contribution in [3.8, 4) is 0 Å². The summed E-state index contributed by atoms with van der Waals surface area (Å²) in [5.41, 5.74) is 2.34. The largest absolute Gasteiger partial charge is 0.329 e. The molecule has 0 spiro atoms. The molecule has 2 aromatic rings. The van der Waals surface area contributed by atoms with Gasteiger partial charge in [-0.1, -0.05) is 13.8 Å². The van der Waals surface area contributed by atoms with Gasteiger partial charge in [0.1, 0.15) is 0 Å². The van der Waals surface area contributed by atoms with E-state index in [1.54, 1.807) is 6.07 Å². The average molecular weight is 238 g/mol. The summed E-state index contributed by atoms with van der Waals surface area (Å²) >= 11 is 5.74. The quantitative estimate of drug-likeness (QED) is 0.844. The molecule has 16 heavy (non-hydrogen) atoms. The van der Waals surface area contributed by atoms with Crippen LogP contribution in [-0.2, 0) is 4.79 Å². The van der Waals surface area contributed by atoms with Crippen LogP contribution >= 0.6 is 11.6 Å². The summed E-state index contributed by atoms with van der Waals surface area (Å²) in [5.74, 6) is -0.0500. The molecule has 0 aliphatic carbocycles. The zero-order chi connectivity index (χ0) is 11.7. The monoisotopic (exact) mass is 237 g/mol. The maximum absolute atomic E-state index is 11.5. The number of carbonyl (C=O) groups excluding carboxylic acids is 1. The molecule has 5 heteroatoms. The molecule has 2 N–H and O–H groups in total. The molecule has 0 unspecified atom stereocenters. The lowest BCUT2D eigenvalue weighted by Crippen LogP contribution is -2.17. The summed E-state index contributed by atoms with van der Waals surface area (Å²) in [6.45, 7) is 3.70. The fourth-order valence-corrected chi connectivity index (χ4v) is 1.54. The van der Waals surface area contributed by atoms with E-state index in [0.29, 0.717) is 5.28 Å². The number of anilines is 1. The van der Waals surface area contributed by atoms with Crippen LogP contribution in [-0.4, -0.2) is 15.9 Å². The molecule has 0 radical (unpaired) electrons. The molecule has 1 heterocycles. The van der Waals surface area contributed by atoms with Gasteiger partial charge >= 0.3 is 0 Å². The molecule has 1 aromatic carbocycles. The summed E-state index contributed by atoms with van der Waals surface area (Å²) in [6, 6.07) is 5.43.